The molecule has 0 spiro atoms. The molecule has 0 radical (unpaired) electrons. The number of aryl methyl sites for hydroxylation is 1. The van der Waals surface area contributed by atoms with Gasteiger partial charge in [0, 0.05) is 12.6 Å². The van der Waals surface area contributed by atoms with Crippen LogP contribution in [0.2, 0.25) is 0 Å². The van der Waals surface area contributed by atoms with Gasteiger partial charge in [-0.25, -0.2) is 8.42 Å². The molecule has 0 heterocycles. The maximum Gasteiger partial charge on any atom is 0.264 e. The Kier molecular flexibility index (Phi) is 10.6. The molecular formula is C33H41N3O4S. The second-order valence-corrected chi connectivity index (χ2v) is 12.5. The van der Waals surface area contributed by atoms with Gasteiger partial charge in [-0.1, -0.05) is 93.8 Å². The number of nitrogens with one attached hydrogen (secondary N) is 1. The molecule has 3 aromatic carbocycles. The summed E-state index contributed by atoms with van der Waals surface area (Å²) in [7, 11) is -4.07. The number of rotatable bonds is 12. The third-order valence-corrected chi connectivity index (χ3v) is 9.56. The van der Waals surface area contributed by atoms with Crippen LogP contribution in [0.25, 0.3) is 0 Å². The number of carbonyl (C=O) groups excluding carboxylic acids is 2. The van der Waals surface area contributed by atoms with Crippen molar-refractivity contribution in [2.24, 2.45) is 0 Å². The maximum atomic E-state index is 14.2. The molecule has 1 unspecified atom stereocenters. The number of anilines is 1. The molecule has 4 rings (SSSR count). The lowest BCUT2D eigenvalue weighted by Crippen LogP contribution is -2.54. The second kappa shape index (κ2) is 14.3. The first-order valence-corrected chi connectivity index (χ1v) is 16.1. The minimum atomic E-state index is -4.07. The van der Waals surface area contributed by atoms with Crippen LogP contribution in [-0.4, -0.2) is 43.8 Å². The molecule has 7 nitrogen and oxygen atoms in total. The highest BCUT2D eigenvalue weighted by Gasteiger charge is 2.34. The van der Waals surface area contributed by atoms with Gasteiger partial charge in [-0.05, 0) is 61.1 Å². The zero-order valence-corrected chi connectivity index (χ0v) is 24.9. The summed E-state index contributed by atoms with van der Waals surface area (Å²) in [5.41, 5.74) is 2.33. The number of hydrogen-bond acceptors (Lipinski definition) is 4. The maximum absolute atomic E-state index is 14.2. The standard InChI is InChI=1S/C33H41N3O4S/c1-3-26-20-22-29(23-21-26)36(41(39,40)30-18-12-7-13-19-30)25-32(37)35(24-27-14-8-5-9-15-27)31(4-2)33(38)34-28-16-10-6-11-17-28/h5,7-9,12-15,18-23,28,31H,3-4,6,10-11,16-17,24-25H2,1-2H3,(H,34,38). The van der Waals surface area contributed by atoms with Crippen molar-refractivity contribution in [1.82, 2.24) is 10.2 Å². The Bertz CT molecular complexity index is 1370. The molecule has 3 aromatic rings. The highest BCUT2D eigenvalue weighted by atomic mass is 32.2. The quantitative estimate of drug-likeness (QED) is 0.300. The van der Waals surface area contributed by atoms with Crippen molar-refractivity contribution < 1.29 is 18.0 Å². The monoisotopic (exact) mass is 575 g/mol. The Morgan fingerprint density at radius 2 is 1.44 bits per heavy atom. The lowest BCUT2D eigenvalue weighted by molar-refractivity contribution is -0.140. The van der Waals surface area contributed by atoms with E-state index in [9.17, 15) is 18.0 Å². The Morgan fingerprint density at radius 3 is 2.02 bits per heavy atom. The van der Waals surface area contributed by atoms with Gasteiger partial charge < -0.3 is 10.2 Å². The SMILES string of the molecule is CCc1ccc(N(CC(=O)N(Cc2ccccc2)C(CC)C(=O)NC2CCCCC2)S(=O)(=O)c2ccccc2)cc1. The normalized spacial score (nSPS) is 14.7. The number of sulfonamides is 1. The van der Waals surface area contributed by atoms with Crippen LogP contribution in [-0.2, 0) is 32.6 Å². The molecule has 1 saturated carbocycles. The van der Waals surface area contributed by atoms with Crippen LogP contribution in [0, 0.1) is 0 Å². The zero-order valence-electron chi connectivity index (χ0n) is 24.0. The van der Waals surface area contributed by atoms with E-state index in [1.54, 1.807) is 35.2 Å². The molecule has 0 aromatic heterocycles. The molecule has 1 fully saturated rings. The first-order chi connectivity index (χ1) is 19.8. The summed E-state index contributed by atoms with van der Waals surface area (Å²) >= 11 is 0. The summed E-state index contributed by atoms with van der Waals surface area (Å²) in [6.45, 7) is 3.69. The van der Waals surface area contributed by atoms with E-state index in [0.717, 1.165) is 47.5 Å². The molecule has 1 aliphatic carbocycles. The van der Waals surface area contributed by atoms with Crippen molar-refractivity contribution in [3.63, 3.8) is 0 Å². The Balaban J connectivity index is 1.68. The summed E-state index contributed by atoms with van der Waals surface area (Å²) in [6, 6.07) is 24.2. The highest BCUT2D eigenvalue weighted by molar-refractivity contribution is 7.92. The summed E-state index contributed by atoms with van der Waals surface area (Å²) in [6.07, 6.45) is 6.43. The summed E-state index contributed by atoms with van der Waals surface area (Å²) < 4.78 is 29.0. The van der Waals surface area contributed by atoms with Crippen molar-refractivity contribution in [3.8, 4) is 0 Å². The largest absolute Gasteiger partial charge is 0.352 e. The fourth-order valence-electron chi connectivity index (χ4n) is 5.39. The van der Waals surface area contributed by atoms with Crippen LogP contribution in [0.4, 0.5) is 5.69 Å². The van der Waals surface area contributed by atoms with E-state index >= 15 is 0 Å². The fourth-order valence-corrected chi connectivity index (χ4v) is 6.83. The van der Waals surface area contributed by atoms with Crippen LogP contribution >= 0.6 is 0 Å². The zero-order chi connectivity index (χ0) is 29.2. The van der Waals surface area contributed by atoms with Gasteiger partial charge in [0.1, 0.15) is 12.6 Å². The molecule has 8 heteroatoms. The molecule has 1 N–H and O–H groups in total. The van der Waals surface area contributed by atoms with Crippen LogP contribution < -0.4 is 9.62 Å². The molecule has 1 aliphatic rings. The number of hydrogen-bond donors (Lipinski definition) is 1. The Labute approximate surface area is 244 Å². The van der Waals surface area contributed by atoms with Crippen molar-refractivity contribution >= 4 is 27.5 Å². The summed E-state index contributed by atoms with van der Waals surface area (Å²) in [5, 5.41) is 3.18. The van der Waals surface area contributed by atoms with Gasteiger partial charge in [0.2, 0.25) is 11.8 Å². The minimum Gasteiger partial charge on any atom is -0.352 e. The number of nitrogens with zero attached hydrogens (tertiary/aromatic N) is 2. The predicted molar refractivity (Wildman–Crippen MR) is 163 cm³/mol. The lowest BCUT2D eigenvalue weighted by atomic mass is 9.95. The topological polar surface area (TPSA) is 86.8 Å². The van der Waals surface area contributed by atoms with Crippen molar-refractivity contribution in [2.75, 3.05) is 10.8 Å². The molecule has 218 valence electrons. The average molecular weight is 576 g/mol. The van der Waals surface area contributed by atoms with Gasteiger partial charge in [-0.3, -0.25) is 13.9 Å². The van der Waals surface area contributed by atoms with Crippen LogP contribution in [0.3, 0.4) is 0 Å². The van der Waals surface area contributed by atoms with Crippen molar-refractivity contribution in [3.05, 3.63) is 96.1 Å². The summed E-state index contributed by atoms with van der Waals surface area (Å²) in [5.74, 6) is -0.619. The minimum absolute atomic E-state index is 0.101. The molecule has 0 bridgehead atoms. The summed E-state index contributed by atoms with van der Waals surface area (Å²) in [4.78, 5) is 29.4. The average Bonchev–Trinajstić information content (AvgIpc) is 3.01. The lowest BCUT2D eigenvalue weighted by Gasteiger charge is -2.34. The van der Waals surface area contributed by atoms with Crippen molar-refractivity contribution in [1.29, 1.82) is 0 Å². The predicted octanol–water partition coefficient (Wildman–Crippen LogP) is 5.70. The second-order valence-electron chi connectivity index (χ2n) is 10.6. The van der Waals surface area contributed by atoms with E-state index in [2.05, 4.69) is 5.32 Å². The molecule has 0 aliphatic heterocycles. The van der Waals surface area contributed by atoms with Gasteiger partial charge in [-0.2, -0.15) is 0 Å². The number of benzene rings is 3. The third kappa shape index (κ3) is 7.76. The molecule has 0 saturated heterocycles. The molecule has 2 amide bonds. The van der Waals surface area contributed by atoms with E-state index in [-0.39, 0.29) is 23.4 Å². The molecule has 1 atom stereocenters. The van der Waals surface area contributed by atoms with Crippen LogP contribution in [0.15, 0.2) is 89.8 Å². The Hall–Kier alpha value is -3.65. The smallest absolute Gasteiger partial charge is 0.264 e. The van der Waals surface area contributed by atoms with E-state index in [4.69, 9.17) is 0 Å². The third-order valence-electron chi connectivity index (χ3n) is 7.78. The first kappa shape index (κ1) is 30.3. The Morgan fingerprint density at radius 1 is 0.829 bits per heavy atom. The van der Waals surface area contributed by atoms with E-state index in [1.165, 1.54) is 18.6 Å². The van der Waals surface area contributed by atoms with E-state index in [0.29, 0.717) is 12.1 Å². The van der Waals surface area contributed by atoms with Crippen molar-refractivity contribution in [2.45, 2.75) is 82.3 Å². The van der Waals surface area contributed by atoms with E-state index < -0.39 is 28.5 Å². The van der Waals surface area contributed by atoms with Gasteiger partial charge in [0.25, 0.3) is 10.0 Å². The van der Waals surface area contributed by atoms with Gasteiger partial charge in [0.05, 0.1) is 10.6 Å². The van der Waals surface area contributed by atoms with E-state index in [1.807, 2.05) is 56.3 Å². The van der Waals surface area contributed by atoms with Gasteiger partial charge in [-0.15, -0.1) is 0 Å². The number of amides is 2. The van der Waals surface area contributed by atoms with Crippen LogP contribution in [0.1, 0.15) is 63.5 Å². The van der Waals surface area contributed by atoms with Crippen LogP contribution in [0.5, 0.6) is 0 Å². The number of carbonyl (C=O) groups is 2. The fraction of sp³-hybridized carbons (Fsp3) is 0.394. The highest BCUT2D eigenvalue weighted by Crippen LogP contribution is 2.26. The van der Waals surface area contributed by atoms with Gasteiger partial charge >= 0.3 is 0 Å². The first-order valence-electron chi connectivity index (χ1n) is 14.6. The molecule has 41 heavy (non-hydrogen) atoms. The molecular weight excluding hydrogens is 534 g/mol. The van der Waals surface area contributed by atoms with Gasteiger partial charge in [0.15, 0.2) is 0 Å².